The number of aromatic nitrogens is 2. The molecule has 0 unspecified atom stereocenters. The fourth-order valence-corrected chi connectivity index (χ4v) is 2.19. The lowest BCUT2D eigenvalue weighted by Crippen LogP contribution is -2.00. The Kier molecular flexibility index (Phi) is 2.37. The van der Waals surface area contributed by atoms with Crippen LogP contribution in [0.25, 0.3) is 11.0 Å². The number of fused-ring (bicyclic) bond motifs is 1. The number of imidazole rings is 1. The highest BCUT2D eigenvalue weighted by atomic mass is 16.3. The molecule has 2 heterocycles. The molecule has 18 heavy (non-hydrogen) atoms. The van der Waals surface area contributed by atoms with E-state index in [1.807, 2.05) is 44.2 Å². The molecule has 3 aromatic rings. The van der Waals surface area contributed by atoms with Gasteiger partial charge in [-0.25, -0.2) is 4.98 Å². The fraction of sp³-hybridized carbons (Fsp3) is 0.214. The monoisotopic (exact) mass is 241 g/mol. The van der Waals surface area contributed by atoms with E-state index in [2.05, 4.69) is 9.55 Å². The third kappa shape index (κ3) is 1.76. The van der Waals surface area contributed by atoms with Crippen molar-refractivity contribution in [1.29, 1.82) is 0 Å². The van der Waals surface area contributed by atoms with Crippen LogP contribution in [-0.2, 0) is 6.54 Å². The van der Waals surface area contributed by atoms with Gasteiger partial charge in [-0.2, -0.15) is 0 Å². The molecule has 0 fully saturated rings. The van der Waals surface area contributed by atoms with Gasteiger partial charge in [0.1, 0.15) is 17.3 Å². The zero-order valence-corrected chi connectivity index (χ0v) is 10.5. The van der Waals surface area contributed by atoms with Crippen LogP contribution < -0.4 is 5.73 Å². The van der Waals surface area contributed by atoms with E-state index in [1.165, 1.54) is 0 Å². The van der Waals surface area contributed by atoms with Gasteiger partial charge in [0.15, 0.2) is 0 Å². The van der Waals surface area contributed by atoms with Crippen molar-refractivity contribution in [3.05, 3.63) is 47.7 Å². The zero-order valence-electron chi connectivity index (χ0n) is 10.5. The molecule has 0 aliphatic carbocycles. The summed E-state index contributed by atoms with van der Waals surface area (Å²) >= 11 is 0. The summed E-state index contributed by atoms with van der Waals surface area (Å²) in [6.45, 7) is 4.63. The lowest BCUT2D eigenvalue weighted by atomic mass is 10.3. The highest BCUT2D eigenvalue weighted by Crippen LogP contribution is 2.20. The van der Waals surface area contributed by atoms with Gasteiger partial charge in [0.25, 0.3) is 0 Å². The molecule has 92 valence electrons. The minimum absolute atomic E-state index is 0.695. The molecule has 1 aromatic carbocycles. The number of hydrogen-bond acceptors (Lipinski definition) is 3. The Labute approximate surface area is 105 Å². The summed E-state index contributed by atoms with van der Waals surface area (Å²) < 4.78 is 7.74. The molecule has 3 rings (SSSR count). The van der Waals surface area contributed by atoms with E-state index in [9.17, 15) is 0 Å². The minimum Gasteiger partial charge on any atom is -0.464 e. The first-order valence-electron chi connectivity index (χ1n) is 5.91. The van der Waals surface area contributed by atoms with Gasteiger partial charge >= 0.3 is 0 Å². The number of nitrogen functional groups attached to an aromatic ring is 1. The quantitative estimate of drug-likeness (QED) is 0.702. The van der Waals surface area contributed by atoms with Crippen molar-refractivity contribution in [3.63, 3.8) is 0 Å². The van der Waals surface area contributed by atoms with E-state index in [-0.39, 0.29) is 0 Å². The van der Waals surface area contributed by atoms with Crippen LogP contribution in [0.15, 0.2) is 34.7 Å². The average molecular weight is 241 g/mol. The molecule has 0 aliphatic rings. The Bertz CT molecular complexity index is 709. The lowest BCUT2D eigenvalue weighted by molar-refractivity contribution is 0.470. The van der Waals surface area contributed by atoms with Crippen LogP contribution in [0.4, 0.5) is 5.69 Å². The molecule has 0 saturated carbocycles. The minimum atomic E-state index is 0.695. The predicted octanol–water partition coefficient (Wildman–Crippen LogP) is 2.88. The first kappa shape index (κ1) is 10.9. The van der Waals surface area contributed by atoms with Gasteiger partial charge in [0.2, 0.25) is 0 Å². The predicted molar refractivity (Wildman–Crippen MR) is 71.4 cm³/mol. The molecule has 2 aromatic heterocycles. The first-order chi connectivity index (χ1) is 8.63. The maximum atomic E-state index is 5.77. The van der Waals surface area contributed by atoms with Crippen LogP contribution in [0.1, 0.15) is 17.3 Å². The third-order valence-corrected chi connectivity index (χ3v) is 3.07. The maximum absolute atomic E-state index is 5.77. The van der Waals surface area contributed by atoms with Crippen LogP contribution in [0.2, 0.25) is 0 Å². The number of benzene rings is 1. The average Bonchev–Trinajstić information content (AvgIpc) is 2.84. The first-order valence-corrected chi connectivity index (χ1v) is 5.91. The summed E-state index contributed by atoms with van der Waals surface area (Å²) in [5.74, 6) is 2.83. The smallest absolute Gasteiger partial charge is 0.123 e. The number of nitrogens with zero attached hydrogens (tertiary/aromatic N) is 2. The van der Waals surface area contributed by atoms with Crippen molar-refractivity contribution in [3.8, 4) is 0 Å². The van der Waals surface area contributed by atoms with E-state index in [1.54, 1.807) is 0 Å². The van der Waals surface area contributed by atoms with Gasteiger partial charge in [-0.3, -0.25) is 0 Å². The van der Waals surface area contributed by atoms with Gasteiger partial charge in [0, 0.05) is 5.69 Å². The molecule has 0 spiro atoms. The van der Waals surface area contributed by atoms with Crippen LogP contribution in [-0.4, -0.2) is 9.55 Å². The van der Waals surface area contributed by atoms with E-state index >= 15 is 0 Å². The van der Waals surface area contributed by atoms with Gasteiger partial charge < -0.3 is 14.7 Å². The van der Waals surface area contributed by atoms with Gasteiger partial charge in [-0.1, -0.05) is 0 Å². The molecule has 2 N–H and O–H groups in total. The van der Waals surface area contributed by atoms with Gasteiger partial charge in [-0.15, -0.1) is 0 Å². The second-order valence-electron chi connectivity index (χ2n) is 4.51. The molecule has 0 amide bonds. The molecular weight excluding hydrogens is 226 g/mol. The summed E-state index contributed by atoms with van der Waals surface area (Å²) in [6.07, 6.45) is 0. The Morgan fingerprint density at radius 1 is 1.22 bits per heavy atom. The molecule has 0 aliphatic heterocycles. The number of rotatable bonds is 2. The molecule has 4 heteroatoms. The fourth-order valence-electron chi connectivity index (χ4n) is 2.19. The highest BCUT2D eigenvalue weighted by Gasteiger charge is 2.09. The Morgan fingerprint density at radius 3 is 2.78 bits per heavy atom. The van der Waals surface area contributed by atoms with Crippen molar-refractivity contribution in [2.24, 2.45) is 0 Å². The number of aryl methyl sites for hydroxylation is 2. The third-order valence-electron chi connectivity index (χ3n) is 3.07. The number of hydrogen-bond donors (Lipinski definition) is 1. The Morgan fingerprint density at radius 2 is 2.06 bits per heavy atom. The molecule has 0 saturated heterocycles. The standard InChI is InChI=1S/C14H15N3O/c1-9-3-5-12(18-9)8-17-10(2)16-13-7-11(15)4-6-14(13)17/h3-7H,8,15H2,1-2H3. The number of nitrogens with two attached hydrogens (primary N) is 1. The van der Waals surface area contributed by atoms with Crippen LogP contribution in [0.3, 0.4) is 0 Å². The molecule has 4 nitrogen and oxygen atoms in total. The van der Waals surface area contributed by atoms with E-state index in [0.717, 1.165) is 34.1 Å². The second-order valence-corrected chi connectivity index (χ2v) is 4.51. The molecule has 0 bridgehead atoms. The van der Waals surface area contributed by atoms with Gasteiger partial charge in [-0.05, 0) is 44.2 Å². The Hall–Kier alpha value is -2.23. The molecular formula is C14H15N3O. The number of anilines is 1. The van der Waals surface area contributed by atoms with Crippen molar-refractivity contribution < 1.29 is 4.42 Å². The van der Waals surface area contributed by atoms with Crippen LogP contribution in [0, 0.1) is 13.8 Å². The Balaban J connectivity index is 2.08. The molecule has 0 atom stereocenters. The van der Waals surface area contributed by atoms with Crippen LogP contribution >= 0.6 is 0 Å². The normalized spacial score (nSPS) is 11.2. The van der Waals surface area contributed by atoms with Crippen molar-refractivity contribution in [2.45, 2.75) is 20.4 Å². The lowest BCUT2D eigenvalue weighted by Gasteiger charge is -2.04. The maximum Gasteiger partial charge on any atom is 0.123 e. The summed E-state index contributed by atoms with van der Waals surface area (Å²) in [4.78, 5) is 4.52. The van der Waals surface area contributed by atoms with Gasteiger partial charge in [0.05, 0.1) is 17.6 Å². The molecule has 0 radical (unpaired) electrons. The number of furan rings is 1. The summed E-state index contributed by atoms with van der Waals surface area (Å²) in [5, 5.41) is 0. The van der Waals surface area contributed by atoms with Crippen molar-refractivity contribution in [2.75, 3.05) is 5.73 Å². The van der Waals surface area contributed by atoms with E-state index < -0.39 is 0 Å². The SMILES string of the molecule is Cc1ccc(Cn2c(C)nc3cc(N)ccc32)o1. The highest BCUT2D eigenvalue weighted by molar-refractivity contribution is 5.79. The van der Waals surface area contributed by atoms with Crippen molar-refractivity contribution in [1.82, 2.24) is 9.55 Å². The van der Waals surface area contributed by atoms with E-state index in [4.69, 9.17) is 10.2 Å². The second kappa shape index (κ2) is 3.91. The van der Waals surface area contributed by atoms with Crippen molar-refractivity contribution >= 4 is 16.7 Å². The topological polar surface area (TPSA) is 57.0 Å². The van der Waals surface area contributed by atoms with E-state index in [0.29, 0.717) is 6.54 Å². The summed E-state index contributed by atoms with van der Waals surface area (Å²) in [5.41, 5.74) is 8.51. The van der Waals surface area contributed by atoms with Crippen LogP contribution in [0.5, 0.6) is 0 Å². The summed E-state index contributed by atoms with van der Waals surface area (Å²) in [6, 6.07) is 9.76. The largest absolute Gasteiger partial charge is 0.464 e. The zero-order chi connectivity index (χ0) is 12.7. The summed E-state index contributed by atoms with van der Waals surface area (Å²) in [7, 11) is 0.